The summed E-state index contributed by atoms with van der Waals surface area (Å²) in [5, 5.41) is 2.10. The molecule has 1 aromatic heterocycles. The first-order chi connectivity index (χ1) is 8.43. The highest BCUT2D eigenvalue weighted by Gasteiger charge is 2.22. The maximum absolute atomic E-state index is 5.82. The van der Waals surface area contributed by atoms with Crippen LogP contribution in [0.5, 0.6) is 0 Å². The molecule has 0 saturated heterocycles. The fourth-order valence-corrected chi connectivity index (χ4v) is 3.94. The second-order valence-corrected chi connectivity index (χ2v) is 6.23. The highest BCUT2D eigenvalue weighted by molar-refractivity contribution is 7.99. The molecule has 0 N–H and O–H groups in total. The molecule has 17 heavy (non-hydrogen) atoms. The number of hydrogen-bond acceptors (Lipinski definition) is 3. The molecule has 3 rings (SSSR count). The highest BCUT2D eigenvalue weighted by atomic mass is 32.2. The first-order valence-corrected chi connectivity index (χ1v) is 7.62. The molecular formula is C14H14OS2. The second-order valence-electron chi connectivity index (χ2n) is 4.14. The van der Waals surface area contributed by atoms with Crippen molar-refractivity contribution in [2.75, 3.05) is 12.4 Å². The van der Waals surface area contributed by atoms with Crippen LogP contribution in [0, 0.1) is 0 Å². The van der Waals surface area contributed by atoms with Gasteiger partial charge >= 0.3 is 0 Å². The molecule has 0 spiro atoms. The van der Waals surface area contributed by atoms with Gasteiger partial charge in [0.25, 0.3) is 0 Å². The van der Waals surface area contributed by atoms with Crippen molar-refractivity contribution in [2.24, 2.45) is 0 Å². The van der Waals surface area contributed by atoms with Gasteiger partial charge in [0.15, 0.2) is 0 Å². The Hall–Kier alpha value is -0.770. The number of ether oxygens (including phenoxy) is 1. The summed E-state index contributed by atoms with van der Waals surface area (Å²) in [6.07, 6.45) is 0. The van der Waals surface area contributed by atoms with Gasteiger partial charge in [0.1, 0.15) is 0 Å². The van der Waals surface area contributed by atoms with Crippen molar-refractivity contribution >= 4 is 23.1 Å². The molecule has 1 aromatic carbocycles. The summed E-state index contributed by atoms with van der Waals surface area (Å²) in [6.45, 7) is 1.59. The smallest absolute Gasteiger partial charge is 0.0809 e. The number of fused-ring (bicyclic) bond motifs is 1. The zero-order chi connectivity index (χ0) is 11.5. The standard InChI is InChI=1S/C14H14OS2/c1-2-6-14-13(5-1)11(10-17-14)8-15-9-12-4-3-7-16-12/h1-7,11H,8-10H2. The lowest BCUT2D eigenvalue weighted by Crippen LogP contribution is -2.06. The van der Waals surface area contributed by atoms with Gasteiger partial charge in [-0.1, -0.05) is 24.3 Å². The fourth-order valence-electron chi connectivity index (χ4n) is 2.06. The van der Waals surface area contributed by atoms with Crippen LogP contribution in [-0.2, 0) is 11.3 Å². The SMILES string of the molecule is c1csc(COCC2CSc3ccccc32)c1. The lowest BCUT2D eigenvalue weighted by Gasteiger charge is -2.10. The van der Waals surface area contributed by atoms with E-state index >= 15 is 0 Å². The lowest BCUT2D eigenvalue weighted by molar-refractivity contribution is 0.113. The number of benzene rings is 1. The minimum Gasteiger partial charge on any atom is -0.375 e. The summed E-state index contributed by atoms with van der Waals surface area (Å²) < 4.78 is 5.82. The largest absolute Gasteiger partial charge is 0.375 e. The van der Waals surface area contributed by atoms with Gasteiger partial charge in [0.2, 0.25) is 0 Å². The first kappa shape index (κ1) is 11.3. The van der Waals surface area contributed by atoms with E-state index in [1.54, 1.807) is 11.3 Å². The molecule has 1 atom stereocenters. The van der Waals surface area contributed by atoms with Crippen molar-refractivity contribution in [3.63, 3.8) is 0 Å². The third kappa shape index (κ3) is 2.57. The molecule has 0 radical (unpaired) electrons. The van der Waals surface area contributed by atoms with Gasteiger partial charge in [0.05, 0.1) is 13.2 Å². The van der Waals surface area contributed by atoms with Crippen LogP contribution in [0.1, 0.15) is 16.4 Å². The first-order valence-electron chi connectivity index (χ1n) is 5.75. The van der Waals surface area contributed by atoms with Crippen LogP contribution in [0.2, 0.25) is 0 Å². The molecule has 0 fully saturated rings. The van der Waals surface area contributed by atoms with E-state index in [9.17, 15) is 0 Å². The summed E-state index contributed by atoms with van der Waals surface area (Å²) in [4.78, 5) is 2.74. The van der Waals surface area contributed by atoms with Crippen LogP contribution in [0.3, 0.4) is 0 Å². The number of thiophene rings is 1. The third-order valence-electron chi connectivity index (χ3n) is 2.94. The Balaban J connectivity index is 1.57. The van der Waals surface area contributed by atoms with Gasteiger partial charge in [-0.05, 0) is 23.1 Å². The average Bonchev–Trinajstić information content (AvgIpc) is 2.99. The van der Waals surface area contributed by atoms with Crippen LogP contribution in [-0.4, -0.2) is 12.4 Å². The number of rotatable bonds is 4. The maximum atomic E-state index is 5.82. The summed E-state index contributed by atoms with van der Waals surface area (Å²) in [5.74, 6) is 1.72. The zero-order valence-corrected chi connectivity index (χ0v) is 11.1. The summed E-state index contributed by atoms with van der Waals surface area (Å²) in [5.41, 5.74) is 1.46. The third-order valence-corrected chi connectivity index (χ3v) is 5.04. The Morgan fingerprint density at radius 1 is 1.18 bits per heavy atom. The molecule has 1 nitrogen and oxygen atoms in total. The maximum Gasteiger partial charge on any atom is 0.0809 e. The van der Waals surface area contributed by atoms with E-state index < -0.39 is 0 Å². The predicted molar refractivity (Wildman–Crippen MR) is 73.9 cm³/mol. The molecule has 0 amide bonds. The fraction of sp³-hybridized carbons (Fsp3) is 0.286. The van der Waals surface area contributed by atoms with Crippen LogP contribution in [0.15, 0.2) is 46.7 Å². The molecule has 0 aliphatic carbocycles. The van der Waals surface area contributed by atoms with Crippen LogP contribution >= 0.6 is 23.1 Å². The Labute approximate surface area is 110 Å². The van der Waals surface area contributed by atoms with Crippen molar-refractivity contribution < 1.29 is 4.74 Å². The average molecular weight is 262 g/mol. The Bertz CT molecular complexity index is 479. The van der Waals surface area contributed by atoms with Crippen LogP contribution < -0.4 is 0 Å². The Kier molecular flexibility index (Phi) is 3.50. The monoisotopic (exact) mass is 262 g/mol. The summed E-state index contributed by atoms with van der Waals surface area (Å²) >= 11 is 3.71. The Morgan fingerprint density at radius 3 is 3.00 bits per heavy atom. The Morgan fingerprint density at radius 2 is 2.12 bits per heavy atom. The van der Waals surface area contributed by atoms with E-state index in [1.165, 1.54) is 15.3 Å². The number of hydrogen-bond donors (Lipinski definition) is 0. The van der Waals surface area contributed by atoms with E-state index in [-0.39, 0.29) is 0 Å². The van der Waals surface area contributed by atoms with Crippen LogP contribution in [0.4, 0.5) is 0 Å². The van der Waals surface area contributed by atoms with Crippen molar-refractivity contribution in [2.45, 2.75) is 17.4 Å². The topological polar surface area (TPSA) is 9.23 Å². The van der Waals surface area contributed by atoms with Crippen molar-refractivity contribution in [1.82, 2.24) is 0 Å². The van der Waals surface area contributed by atoms with E-state index in [0.717, 1.165) is 19.0 Å². The van der Waals surface area contributed by atoms with Crippen LogP contribution in [0.25, 0.3) is 0 Å². The van der Waals surface area contributed by atoms with E-state index in [4.69, 9.17) is 4.74 Å². The van der Waals surface area contributed by atoms with Crippen molar-refractivity contribution in [3.8, 4) is 0 Å². The molecule has 1 unspecified atom stereocenters. The van der Waals surface area contributed by atoms with Gasteiger partial charge in [-0.25, -0.2) is 0 Å². The molecule has 0 saturated carbocycles. The molecule has 2 aromatic rings. The van der Waals surface area contributed by atoms with E-state index in [2.05, 4.69) is 41.8 Å². The molecule has 1 aliphatic heterocycles. The molecule has 1 aliphatic rings. The minimum atomic E-state index is 0.566. The summed E-state index contributed by atoms with van der Waals surface area (Å²) in [6, 6.07) is 12.9. The zero-order valence-electron chi connectivity index (χ0n) is 9.46. The van der Waals surface area contributed by atoms with Gasteiger partial charge < -0.3 is 4.74 Å². The quantitative estimate of drug-likeness (QED) is 0.818. The van der Waals surface area contributed by atoms with Gasteiger partial charge in [-0.15, -0.1) is 23.1 Å². The minimum absolute atomic E-state index is 0.566. The normalized spacial score (nSPS) is 18.2. The van der Waals surface area contributed by atoms with Gasteiger partial charge in [0, 0.05) is 21.4 Å². The number of thioether (sulfide) groups is 1. The molecule has 88 valence electrons. The highest BCUT2D eigenvalue weighted by Crippen LogP contribution is 2.39. The predicted octanol–water partition coefficient (Wildman–Crippen LogP) is 4.15. The van der Waals surface area contributed by atoms with Crippen molar-refractivity contribution in [1.29, 1.82) is 0 Å². The van der Waals surface area contributed by atoms with E-state index in [1.807, 2.05) is 11.8 Å². The molecular weight excluding hydrogens is 248 g/mol. The molecule has 2 heterocycles. The van der Waals surface area contributed by atoms with E-state index in [0.29, 0.717) is 5.92 Å². The lowest BCUT2D eigenvalue weighted by atomic mass is 10.0. The molecule has 0 bridgehead atoms. The summed E-state index contributed by atoms with van der Waals surface area (Å²) in [7, 11) is 0. The van der Waals surface area contributed by atoms with Gasteiger partial charge in [-0.2, -0.15) is 0 Å². The second kappa shape index (κ2) is 5.25. The van der Waals surface area contributed by atoms with Gasteiger partial charge in [-0.3, -0.25) is 0 Å². The molecule has 3 heteroatoms. The van der Waals surface area contributed by atoms with Crippen molar-refractivity contribution in [3.05, 3.63) is 52.2 Å².